The standard InChI is InChI=1S/C24H31N5O4/c1-30-19-12-22-21(27-15-19)3-2-4-29(22)6-5-28-7-8-31-20(17-28)14-25-13-18-11-23-24(16-26-18)33-10-9-32-23/h2,4,11-12,15-16,20,25H,3,5-10,13-14,17H2,1H3/t20-/m0/s1. The number of nitrogens with zero attached hydrogens (tertiary/aromatic N) is 4. The van der Waals surface area contributed by atoms with Gasteiger partial charge in [-0.25, -0.2) is 0 Å². The fourth-order valence-electron chi connectivity index (χ4n) is 4.35. The second-order valence-electron chi connectivity index (χ2n) is 8.37. The summed E-state index contributed by atoms with van der Waals surface area (Å²) in [5.41, 5.74) is 3.16. The van der Waals surface area contributed by atoms with E-state index in [0.29, 0.717) is 19.8 Å². The SMILES string of the molecule is COc1cnc2c(c1)N(CCN1CCO[C@@H](CNCc3cc4c(cn3)OCCO4)C1)C=CC2. The van der Waals surface area contributed by atoms with Gasteiger partial charge in [0.2, 0.25) is 0 Å². The van der Waals surface area contributed by atoms with E-state index < -0.39 is 0 Å². The van der Waals surface area contributed by atoms with Crippen LogP contribution in [0, 0.1) is 0 Å². The van der Waals surface area contributed by atoms with Crippen molar-refractivity contribution in [3.63, 3.8) is 0 Å². The van der Waals surface area contributed by atoms with Crippen LogP contribution in [0.3, 0.4) is 0 Å². The summed E-state index contributed by atoms with van der Waals surface area (Å²) in [7, 11) is 1.68. The van der Waals surface area contributed by atoms with Crippen LogP contribution in [-0.4, -0.2) is 80.6 Å². The van der Waals surface area contributed by atoms with Crippen molar-refractivity contribution in [2.75, 3.05) is 64.6 Å². The Balaban J connectivity index is 1.09. The van der Waals surface area contributed by atoms with Gasteiger partial charge >= 0.3 is 0 Å². The van der Waals surface area contributed by atoms with Crippen LogP contribution < -0.4 is 24.4 Å². The molecule has 2 aromatic heterocycles. The largest absolute Gasteiger partial charge is 0.495 e. The molecule has 9 nitrogen and oxygen atoms in total. The summed E-state index contributed by atoms with van der Waals surface area (Å²) < 4.78 is 22.5. The molecule has 1 N–H and O–H groups in total. The van der Waals surface area contributed by atoms with Crippen molar-refractivity contribution in [1.29, 1.82) is 0 Å². The quantitative estimate of drug-likeness (QED) is 0.641. The number of hydrogen-bond acceptors (Lipinski definition) is 9. The highest BCUT2D eigenvalue weighted by Crippen LogP contribution is 2.29. The molecule has 0 bridgehead atoms. The molecule has 2 aromatic rings. The van der Waals surface area contributed by atoms with Crippen molar-refractivity contribution in [1.82, 2.24) is 20.2 Å². The number of hydrogen-bond donors (Lipinski definition) is 1. The molecule has 0 spiro atoms. The number of rotatable bonds is 8. The number of pyridine rings is 2. The minimum atomic E-state index is 0.155. The van der Waals surface area contributed by atoms with E-state index in [4.69, 9.17) is 18.9 Å². The molecular formula is C24H31N5O4. The van der Waals surface area contributed by atoms with Gasteiger partial charge in [0.25, 0.3) is 0 Å². The third-order valence-corrected chi connectivity index (χ3v) is 6.11. The third-order valence-electron chi connectivity index (χ3n) is 6.11. The van der Waals surface area contributed by atoms with Crippen molar-refractivity contribution in [2.45, 2.75) is 19.1 Å². The number of ether oxygens (including phenoxy) is 4. The molecule has 5 heterocycles. The minimum Gasteiger partial charge on any atom is -0.495 e. The first-order chi connectivity index (χ1) is 16.3. The maximum atomic E-state index is 5.99. The first-order valence-corrected chi connectivity index (χ1v) is 11.5. The lowest BCUT2D eigenvalue weighted by molar-refractivity contribution is -0.0261. The number of allylic oxidation sites excluding steroid dienone is 1. The van der Waals surface area contributed by atoms with Crippen molar-refractivity contribution < 1.29 is 18.9 Å². The van der Waals surface area contributed by atoms with Gasteiger partial charge < -0.3 is 29.2 Å². The highest BCUT2D eigenvalue weighted by molar-refractivity contribution is 5.58. The molecule has 0 amide bonds. The number of methoxy groups -OCH3 is 1. The summed E-state index contributed by atoms with van der Waals surface area (Å²) in [6.07, 6.45) is 8.86. The Labute approximate surface area is 194 Å². The topological polar surface area (TPSA) is 81.2 Å². The van der Waals surface area contributed by atoms with Crippen LogP contribution in [0.1, 0.15) is 11.4 Å². The van der Waals surface area contributed by atoms with Crippen LogP contribution in [0.2, 0.25) is 0 Å². The lowest BCUT2D eigenvalue weighted by atomic mass is 10.1. The highest BCUT2D eigenvalue weighted by atomic mass is 16.6. The third kappa shape index (κ3) is 5.38. The molecule has 5 rings (SSSR count). The Hall–Kier alpha value is -2.88. The normalized spacial score (nSPS) is 19.9. The summed E-state index contributed by atoms with van der Waals surface area (Å²) in [5, 5.41) is 3.48. The van der Waals surface area contributed by atoms with Crippen LogP contribution in [0.25, 0.3) is 0 Å². The number of fused-ring (bicyclic) bond motifs is 2. The number of aromatic nitrogens is 2. The van der Waals surface area contributed by atoms with Gasteiger partial charge in [-0.1, -0.05) is 6.08 Å². The molecule has 176 valence electrons. The van der Waals surface area contributed by atoms with Gasteiger partial charge in [0.1, 0.15) is 19.0 Å². The fraction of sp³-hybridized carbons (Fsp3) is 0.500. The van der Waals surface area contributed by atoms with Gasteiger partial charge in [-0.05, 0) is 0 Å². The highest BCUT2D eigenvalue weighted by Gasteiger charge is 2.22. The summed E-state index contributed by atoms with van der Waals surface area (Å²) in [6.45, 7) is 7.07. The van der Waals surface area contributed by atoms with Crippen LogP contribution in [0.4, 0.5) is 5.69 Å². The lowest BCUT2D eigenvalue weighted by Crippen LogP contribution is -2.48. The van der Waals surface area contributed by atoms with Crippen molar-refractivity contribution in [3.05, 3.63) is 48.2 Å². The fourth-order valence-corrected chi connectivity index (χ4v) is 4.35. The Morgan fingerprint density at radius 1 is 1.09 bits per heavy atom. The molecule has 1 saturated heterocycles. The molecule has 0 saturated carbocycles. The predicted octanol–water partition coefficient (Wildman–Crippen LogP) is 1.62. The van der Waals surface area contributed by atoms with E-state index in [2.05, 4.69) is 43.4 Å². The average Bonchev–Trinajstić information content (AvgIpc) is 2.87. The van der Waals surface area contributed by atoms with E-state index in [1.165, 1.54) is 0 Å². The second kappa shape index (κ2) is 10.4. The van der Waals surface area contributed by atoms with E-state index in [1.807, 2.05) is 6.07 Å². The van der Waals surface area contributed by atoms with Gasteiger partial charge in [-0.3, -0.25) is 14.9 Å². The molecule has 3 aliphatic rings. The first kappa shape index (κ1) is 21.9. The van der Waals surface area contributed by atoms with Crippen LogP contribution >= 0.6 is 0 Å². The zero-order chi connectivity index (χ0) is 22.5. The second-order valence-corrected chi connectivity index (χ2v) is 8.37. The van der Waals surface area contributed by atoms with Crippen molar-refractivity contribution >= 4 is 5.69 Å². The Morgan fingerprint density at radius 3 is 2.91 bits per heavy atom. The predicted molar refractivity (Wildman–Crippen MR) is 124 cm³/mol. The van der Waals surface area contributed by atoms with Crippen LogP contribution in [-0.2, 0) is 17.7 Å². The van der Waals surface area contributed by atoms with Gasteiger partial charge in [0.15, 0.2) is 11.5 Å². The zero-order valence-corrected chi connectivity index (χ0v) is 19.0. The van der Waals surface area contributed by atoms with Crippen LogP contribution in [0.5, 0.6) is 17.2 Å². The molecule has 1 atom stereocenters. The van der Waals surface area contributed by atoms with Gasteiger partial charge in [-0.15, -0.1) is 0 Å². The summed E-state index contributed by atoms with van der Waals surface area (Å²) in [4.78, 5) is 13.7. The Bertz CT molecular complexity index is 985. The minimum absolute atomic E-state index is 0.155. The molecule has 3 aliphatic heterocycles. The molecule has 0 unspecified atom stereocenters. The van der Waals surface area contributed by atoms with Gasteiger partial charge in [-0.2, -0.15) is 0 Å². The monoisotopic (exact) mass is 453 g/mol. The van der Waals surface area contributed by atoms with E-state index in [9.17, 15) is 0 Å². The maximum Gasteiger partial charge on any atom is 0.179 e. The summed E-state index contributed by atoms with van der Waals surface area (Å²) in [5.74, 6) is 2.28. The number of anilines is 1. The zero-order valence-electron chi connectivity index (χ0n) is 19.0. The molecule has 0 aromatic carbocycles. The van der Waals surface area contributed by atoms with E-state index in [0.717, 1.165) is 80.1 Å². The van der Waals surface area contributed by atoms with Gasteiger partial charge in [0, 0.05) is 64.0 Å². The average molecular weight is 454 g/mol. The molecule has 9 heteroatoms. The lowest BCUT2D eigenvalue weighted by Gasteiger charge is -2.35. The molecule has 33 heavy (non-hydrogen) atoms. The smallest absolute Gasteiger partial charge is 0.179 e. The Morgan fingerprint density at radius 2 is 2.00 bits per heavy atom. The van der Waals surface area contributed by atoms with Crippen molar-refractivity contribution in [3.8, 4) is 17.2 Å². The molecular weight excluding hydrogens is 422 g/mol. The number of nitrogens with one attached hydrogen (secondary N) is 1. The van der Waals surface area contributed by atoms with Crippen molar-refractivity contribution in [2.24, 2.45) is 0 Å². The number of morpholine rings is 1. The maximum absolute atomic E-state index is 5.99. The van der Waals surface area contributed by atoms with Gasteiger partial charge in [0.05, 0.1) is 49.3 Å². The first-order valence-electron chi connectivity index (χ1n) is 11.5. The Kier molecular flexibility index (Phi) is 6.89. The summed E-state index contributed by atoms with van der Waals surface area (Å²) >= 11 is 0. The van der Waals surface area contributed by atoms with E-state index >= 15 is 0 Å². The molecule has 0 radical (unpaired) electrons. The molecule has 0 aliphatic carbocycles. The van der Waals surface area contributed by atoms with Crippen LogP contribution in [0.15, 0.2) is 36.8 Å². The molecule has 1 fully saturated rings. The van der Waals surface area contributed by atoms with E-state index in [-0.39, 0.29) is 6.10 Å². The van der Waals surface area contributed by atoms with E-state index in [1.54, 1.807) is 19.5 Å². The summed E-state index contributed by atoms with van der Waals surface area (Å²) in [6, 6.07) is 4.02.